The molecule has 2 N–H and O–H groups in total. The van der Waals surface area contributed by atoms with Gasteiger partial charge in [-0.2, -0.15) is 0 Å². The van der Waals surface area contributed by atoms with Crippen molar-refractivity contribution in [3.63, 3.8) is 0 Å². The highest BCUT2D eigenvalue weighted by atomic mass is 16.4. The average molecular weight is 284 g/mol. The fraction of sp³-hybridized carbons (Fsp3) is 0.312. The minimum absolute atomic E-state index is 0.223. The third kappa shape index (κ3) is 2.72. The quantitative estimate of drug-likeness (QED) is 0.905. The van der Waals surface area contributed by atoms with E-state index in [1.54, 1.807) is 24.4 Å². The van der Waals surface area contributed by atoms with Crippen LogP contribution in [0.15, 0.2) is 36.5 Å². The SMILES string of the molecule is O=C(NC1CCCC1C(=O)O)c1ccc2ncccc2c1. The average Bonchev–Trinajstić information content (AvgIpc) is 2.95. The molecule has 2 atom stereocenters. The molecule has 0 aliphatic heterocycles. The van der Waals surface area contributed by atoms with Crippen LogP contribution in [-0.4, -0.2) is 28.0 Å². The summed E-state index contributed by atoms with van der Waals surface area (Å²) in [4.78, 5) is 27.6. The second kappa shape index (κ2) is 5.52. The first-order valence-electron chi connectivity index (χ1n) is 7.03. The first kappa shape index (κ1) is 13.5. The van der Waals surface area contributed by atoms with Crippen molar-refractivity contribution in [2.75, 3.05) is 0 Å². The van der Waals surface area contributed by atoms with Crippen LogP contribution in [-0.2, 0) is 4.79 Å². The Morgan fingerprint density at radius 2 is 2.10 bits per heavy atom. The van der Waals surface area contributed by atoms with Gasteiger partial charge in [0.2, 0.25) is 0 Å². The first-order chi connectivity index (χ1) is 10.1. The molecule has 1 fully saturated rings. The molecule has 108 valence electrons. The van der Waals surface area contributed by atoms with E-state index in [1.807, 2.05) is 12.1 Å². The number of hydrogen-bond donors (Lipinski definition) is 2. The van der Waals surface area contributed by atoms with Crippen LogP contribution in [0.3, 0.4) is 0 Å². The summed E-state index contributed by atoms with van der Waals surface area (Å²) in [5.74, 6) is -1.53. The lowest BCUT2D eigenvalue weighted by molar-refractivity contribution is -0.142. The number of carboxylic acids is 1. The molecule has 1 aromatic heterocycles. The zero-order chi connectivity index (χ0) is 14.8. The molecule has 1 heterocycles. The van der Waals surface area contributed by atoms with Gasteiger partial charge in [0.15, 0.2) is 0 Å². The molecular weight excluding hydrogens is 268 g/mol. The number of carboxylic acid groups (broad SMARTS) is 1. The largest absolute Gasteiger partial charge is 0.481 e. The van der Waals surface area contributed by atoms with Crippen molar-refractivity contribution < 1.29 is 14.7 Å². The molecule has 1 saturated carbocycles. The Bertz CT molecular complexity index is 699. The maximum atomic E-state index is 12.3. The van der Waals surface area contributed by atoms with Gasteiger partial charge in [-0.3, -0.25) is 14.6 Å². The summed E-state index contributed by atoms with van der Waals surface area (Å²) < 4.78 is 0. The fourth-order valence-corrected chi connectivity index (χ4v) is 2.90. The van der Waals surface area contributed by atoms with Gasteiger partial charge in [0.1, 0.15) is 0 Å². The van der Waals surface area contributed by atoms with Crippen molar-refractivity contribution in [2.45, 2.75) is 25.3 Å². The highest BCUT2D eigenvalue weighted by Gasteiger charge is 2.33. The number of nitrogens with zero attached hydrogens (tertiary/aromatic N) is 1. The molecule has 0 bridgehead atoms. The number of rotatable bonds is 3. The lowest BCUT2D eigenvalue weighted by atomic mass is 10.0. The second-order valence-electron chi connectivity index (χ2n) is 5.37. The molecule has 1 aliphatic carbocycles. The Labute approximate surface area is 122 Å². The molecule has 1 aliphatic rings. The van der Waals surface area contributed by atoms with Crippen LogP contribution < -0.4 is 5.32 Å². The van der Waals surface area contributed by atoms with Gasteiger partial charge in [0.25, 0.3) is 5.91 Å². The van der Waals surface area contributed by atoms with Crippen molar-refractivity contribution in [2.24, 2.45) is 5.92 Å². The number of aliphatic carboxylic acids is 1. The van der Waals surface area contributed by atoms with Crippen LogP contribution in [0, 0.1) is 5.92 Å². The zero-order valence-electron chi connectivity index (χ0n) is 11.5. The fourth-order valence-electron chi connectivity index (χ4n) is 2.90. The number of carbonyl (C=O) groups is 2. The molecular formula is C16H16N2O3. The van der Waals surface area contributed by atoms with Crippen LogP contribution in [0.25, 0.3) is 10.9 Å². The van der Waals surface area contributed by atoms with Crippen molar-refractivity contribution in [3.05, 3.63) is 42.1 Å². The first-order valence-corrected chi connectivity index (χ1v) is 7.03. The number of benzene rings is 1. The number of pyridine rings is 1. The predicted octanol–water partition coefficient (Wildman–Crippen LogP) is 2.22. The van der Waals surface area contributed by atoms with Gasteiger partial charge in [-0.15, -0.1) is 0 Å². The Hall–Kier alpha value is -2.43. The number of fused-ring (bicyclic) bond motifs is 1. The van der Waals surface area contributed by atoms with Gasteiger partial charge in [0, 0.05) is 23.2 Å². The smallest absolute Gasteiger partial charge is 0.308 e. The Kier molecular flexibility index (Phi) is 3.56. The predicted molar refractivity (Wildman–Crippen MR) is 78.0 cm³/mol. The van der Waals surface area contributed by atoms with Gasteiger partial charge in [0.05, 0.1) is 11.4 Å². The van der Waals surface area contributed by atoms with Crippen molar-refractivity contribution in [1.82, 2.24) is 10.3 Å². The molecule has 2 aromatic rings. The van der Waals surface area contributed by atoms with Gasteiger partial charge in [-0.05, 0) is 37.1 Å². The lowest BCUT2D eigenvalue weighted by Crippen LogP contribution is -2.40. The van der Waals surface area contributed by atoms with Crippen LogP contribution in [0.1, 0.15) is 29.6 Å². The topological polar surface area (TPSA) is 79.3 Å². The van der Waals surface area contributed by atoms with E-state index in [0.29, 0.717) is 12.0 Å². The standard InChI is InChI=1S/C16H16N2O3/c19-15(18-14-5-1-4-12(14)16(20)21)11-6-7-13-10(9-11)3-2-8-17-13/h2-3,6-9,12,14H,1,4-5H2,(H,18,19)(H,20,21). The van der Waals surface area contributed by atoms with Gasteiger partial charge >= 0.3 is 5.97 Å². The van der Waals surface area contributed by atoms with Crippen molar-refractivity contribution in [1.29, 1.82) is 0 Å². The molecule has 1 aromatic carbocycles. The minimum atomic E-state index is -0.833. The van der Waals surface area contributed by atoms with E-state index in [9.17, 15) is 9.59 Å². The Balaban J connectivity index is 1.79. The van der Waals surface area contributed by atoms with Crippen LogP contribution in [0.4, 0.5) is 0 Å². The second-order valence-corrected chi connectivity index (χ2v) is 5.37. The maximum Gasteiger partial charge on any atom is 0.308 e. The van der Waals surface area contributed by atoms with Crippen molar-refractivity contribution >= 4 is 22.8 Å². The van der Waals surface area contributed by atoms with E-state index in [2.05, 4.69) is 10.3 Å². The molecule has 5 heteroatoms. The number of amides is 1. The lowest BCUT2D eigenvalue weighted by Gasteiger charge is -2.17. The molecule has 1 amide bonds. The Morgan fingerprint density at radius 1 is 1.24 bits per heavy atom. The molecule has 5 nitrogen and oxygen atoms in total. The zero-order valence-corrected chi connectivity index (χ0v) is 11.5. The number of nitrogens with one attached hydrogen (secondary N) is 1. The highest BCUT2D eigenvalue weighted by Crippen LogP contribution is 2.26. The summed E-state index contributed by atoms with van der Waals surface area (Å²) in [5, 5.41) is 12.9. The van der Waals surface area contributed by atoms with E-state index >= 15 is 0 Å². The van der Waals surface area contributed by atoms with E-state index in [4.69, 9.17) is 5.11 Å². The maximum absolute atomic E-state index is 12.3. The van der Waals surface area contributed by atoms with E-state index in [-0.39, 0.29) is 11.9 Å². The van der Waals surface area contributed by atoms with Gasteiger partial charge in [-0.25, -0.2) is 0 Å². The van der Waals surface area contributed by atoms with Crippen LogP contribution in [0.2, 0.25) is 0 Å². The summed E-state index contributed by atoms with van der Waals surface area (Å²) in [6.07, 6.45) is 3.89. The number of hydrogen-bond acceptors (Lipinski definition) is 3. The summed E-state index contributed by atoms with van der Waals surface area (Å²) in [5.41, 5.74) is 1.37. The number of carbonyl (C=O) groups excluding carboxylic acids is 1. The normalized spacial score (nSPS) is 21.3. The minimum Gasteiger partial charge on any atom is -0.481 e. The molecule has 21 heavy (non-hydrogen) atoms. The molecule has 0 saturated heterocycles. The van der Waals surface area contributed by atoms with Crippen LogP contribution in [0.5, 0.6) is 0 Å². The summed E-state index contributed by atoms with van der Waals surface area (Å²) in [6.45, 7) is 0. The van der Waals surface area contributed by atoms with Gasteiger partial charge < -0.3 is 10.4 Å². The molecule has 3 rings (SSSR count). The monoisotopic (exact) mass is 284 g/mol. The van der Waals surface area contributed by atoms with E-state index < -0.39 is 11.9 Å². The number of aromatic nitrogens is 1. The third-order valence-corrected chi connectivity index (χ3v) is 4.01. The molecule has 2 unspecified atom stereocenters. The third-order valence-electron chi connectivity index (χ3n) is 4.01. The molecule has 0 radical (unpaired) electrons. The van der Waals surface area contributed by atoms with Crippen molar-refractivity contribution in [3.8, 4) is 0 Å². The van der Waals surface area contributed by atoms with E-state index in [0.717, 1.165) is 23.7 Å². The summed E-state index contributed by atoms with van der Waals surface area (Å²) >= 11 is 0. The van der Waals surface area contributed by atoms with E-state index in [1.165, 1.54) is 0 Å². The highest BCUT2D eigenvalue weighted by molar-refractivity contribution is 5.98. The van der Waals surface area contributed by atoms with Gasteiger partial charge in [-0.1, -0.05) is 12.5 Å². The van der Waals surface area contributed by atoms with Crippen LogP contribution >= 0.6 is 0 Å². The summed E-state index contributed by atoms with van der Waals surface area (Å²) in [6, 6.07) is 8.74. The Morgan fingerprint density at radius 3 is 2.90 bits per heavy atom. The summed E-state index contributed by atoms with van der Waals surface area (Å²) in [7, 11) is 0. The molecule has 0 spiro atoms.